The molecule has 44 heavy (non-hydrogen) atoms. The number of anilines is 1. The van der Waals surface area contributed by atoms with Gasteiger partial charge in [0.15, 0.2) is 0 Å². The van der Waals surface area contributed by atoms with E-state index in [2.05, 4.69) is 20.9 Å². The van der Waals surface area contributed by atoms with E-state index < -0.39 is 17.2 Å². The first-order valence-electron chi connectivity index (χ1n) is 14.1. The normalized spacial score (nSPS) is 14.5. The van der Waals surface area contributed by atoms with Crippen LogP contribution < -0.4 is 27.2 Å². The maximum atomic E-state index is 13.0. The fourth-order valence-electron chi connectivity index (χ4n) is 5.14. The van der Waals surface area contributed by atoms with Gasteiger partial charge in [0.2, 0.25) is 5.91 Å². The van der Waals surface area contributed by atoms with Crippen molar-refractivity contribution in [3.8, 4) is 22.4 Å². The highest BCUT2D eigenvalue weighted by Crippen LogP contribution is 2.41. The van der Waals surface area contributed by atoms with E-state index in [0.29, 0.717) is 53.3 Å². The minimum Gasteiger partial charge on any atom is -0.352 e. The van der Waals surface area contributed by atoms with E-state index in [1.807, 2.05) is 25.1 Å². The molecule has 0 saturated carbocycles. The summed E-state index contributed by atoms with van der Waals surface area (Å²) in [5.74, 6) is -0.620. The third-order valence-corrected chi connectivity index (χ3v) is 8.35. The zero-order valence-corrected chi connectivity index (χ0v) is 25.9. The Morgan fingerprint density at radius 1 is 1.02 bits per heavy atom. The molecular weight excluding hydrogens is 605 g/mol. The third-order valence-electron chi connectivity index (χ3n) is 7.54. The predicted molar refractivity (Wildman–Crippen MR) is 170 cm³/mol. The quantitative estimate of drug-likeness (QED) is 0.255. The number of aryl methyl sites for hydroxylation is 2. The van der Waals surface area contributed by atoms with Gasteiger partial charge in [0.25, 0.3) is 11.5 Å². The minimum absolute atomic E-state index is 0.0838. The average molecular weight is 637 g/mol. The Labute approximate surface area is 263 Å². The van der Waals surface area contributed by atoms with E-state index in [-0.39, 0.29) is 28.2 Å². The van der Waals surface area contributed by atoms with E-state index in [1.54, 1.807) is 24.4 Å². The molecule has 0 bridgehead atoms. The Bertz CT molecular complexity index is 1890. The van der Waals surface area contributed by atoms with Crippen molar-refractivity contribution in [2.75, 3.05) is 11.9 Å². The molecule has 3 heterocycles. The molecule has 4 aromatic rings. The fourth-order valence-corrected chi connectivity index (χ4v) is 5.74. The second-order valence-electron chi connectivity index (χ2n) is 10.5. The smallest absolute Gasteiger partial charge is 0.330 e. The molecule has 2 amide bonds. The monoisotopic (exact) mass is 635 g/mol. The van der Waals surface area contributed by atoms with Crippen molar-refractivity contribution in [3.05, 3.63) is 96.6 Å². The Balaban J connectivity index is 1.40. The largest absolute Gasteiger partial charge is 0.352 e. The van der Waals surface area contributed by atoms with Crippen LogP contribution >= 0.6 is 23.2 Å². The molecule has 1 unspecified atom stereocenters. The maximum absolute atomic E-state index is 13.0. The van der Waals surface area contributed by atoms with E-state index in [9.17, 15) is 19.2 Å². The molecule has 3 N–H and O–H groups in total. The van der Waals surface area contributed by atoms with E-state index in [1.165, 1.54) is 20.3 Å². The summed E-state index contributed by atoms with van der Waals surface area (Å²) in [6.45, 7) is 3.20. The first kappa shape index (κ1) is 31.1. The van der Waals surface area contributed by atoms with Gasteiger partial charge in [-0.15, -0.1) is 0 Å². The lowest BCUT2D eigenvalue weighted by atomic mass is 10.0. The summed E-state index contributed by atoms with van der Waals surface area (Å²) in [6.07, 6.45) is 4.93. The number of halogens is 2. The number of amides is 2. The second kappa shape index (κ2) is 13.1. The number of aromatic nitrogens is 4. The van der Waals surface area contributed by atoms with Crippen LogP contribution in [0.2, 0.25) is 10.0 Å². The molecular formula is C31H31Cl2N7O4. The van der Waals surface area contributed by atoms with Crippen LogP contribution in [-0.2, 0) is 31.9 Å². The summed E-state index contributed by atoms with van der Waals surface area (Å²) >= 11 is 13.7. The zero-order valence-electron chi connectivity index (χ0n) is 24.4. The van der Waals surface area contributed by atoms with Gasteiger partial charge in [-0.25, -0.2) is 9.78 Å². The maximum Gasteiger partial charge on any atom is 0.330 e. The summed E-state index contributed by atoms with van der Waals surface area (Å²) in [7, 11) is 2.76. The van der Waals surface area contributed by atoms with Crippen molar-refractivity contribution < 1.29 is 9.59 Å². The standard InChI is InChI=1S/C31H31Cl2N7O4/c1-4-22-25(14-34-13-17-11-12-26(41)36-17)35-15-24(37-22)20-9-5-7-18(27(20)32)19-8-6-10-23(28(19)33)38-29(42)21-16-39(2)31(44)40(3)30(21)43/h5-10,15-17,34H,4,11-14H2,1-3H3,(H,36,41)(H,38,42). The van der Waals surface area contributed by atoms with Gasteiger partial charge in [-0.1, -0.05) is 60.5 Å². The van der Waals surface area contributed by atoms with Crippen molar-refractivity contribution in [1.82, 2.24) is 29.7 Å². The molecule has 1 atom stereocenters. The van der Waals surface area contributed by atoms with Crippen molar-refractivity contribution in [2.24, 2.45) is 14.1 Å². The molecule has 5 rings (SSSR count). The summed E-state index contributed by atoms with van der Waals surface area (Å²) in [5, 5.41) is 9.63. The molecule has 1 aliphatic heterocycles. The van der Waals surface area contributed by atoms with Crippen LogP contribution in [0, 0.1) is 0 Å². The van der Waals surface area contributed by atoms with E-state index in [4.69, 9.17) is 28.2 Å². The molecule has 0 aliphatic carbocycles. The highest BCUT2D eigenvalue weighted by Gasteiger charge is 2.21. The molecule has 0 spiro atoms. The van der Waals surface area contributed by atoms with Gasteiger partial charge in [-0.2, -0.15) is 0 Å². The summed E-state index contributed by atoms with van der Waals surface area (Å²) in [6, 6.07) is 10.7. The van der Waals surface area contributed by atoms with Gasteiger partial charge in [0, 0.05) is 62.5 Å². The molecule has 228 valence electrons. The van der Waals surface area contributed by atoms with Gasteiger partial charge in [-0.3, -0.25) is 23.9 Å². The van der Waals surface area contributed by atoms with Crippen LogP contribution in [0.5, 0.6) is 0 Å². The molecule has 2 aromatic heterocycles. The number of nitrogens with one attached hydrogen (secondary N) is 3. The lowest BCUT2D eigenvalue weighted by Gasteiger charge is -2.15. The van der Waals surface area contributed by atoms with Crippen molar-refractivity contribution in [3.63, 3.8) is 0 Å². The topological polar surface area (TPSA) is 140 Å². The van der Waals surface area contributed by atoms with Gasteiger partial charge in [0.1, 0.15) is 5.56 Å². The van der Waals surface area contributed by atoms with Gasteiger partial charge < -0.3 is 20.5 Å². The molecule has 2 aromatic carbocycles. The molecule has 11 nitrogen and oxygen atoms in total. The zero-order chi connectivity index (χ0) is 31.5. The minimum atomic E-state index is -0.717. The fraction of sp³-hybridized carbons (Fsp3) is 0.290. The highest BCUT2D eigenvalue weighted by atomic mass is 35.5. The number of hydrogen-bond donors (Lipinski definition) is 3. The molecule has 1 aliphatic rings. The second-order valence-corrected chi connectivity index (χ2v) is 11.3. The van der Waals surface area contributed by atoms with Crippen LogP contribution in [0.1, 0.15) is 41.5 Å². The molecule has 1 saturated heterocycles. The van der Waals surface area contributed by atoms with Crippen molar-refractivity contribution in [1.29, 1.82) is 0 Å². The van der Waals surface area contributed by atoms with E-state index >= 15 is 0 Å². The number of benzene rings is 2. The number of carbonyl (C=O) groups excluding carboxylic acids is 2. The van der Waals surface area contributed by atoms with Crippen molar-refractivity contribution in [2.45, 2.75) is 38.8 Å². The Morgan fingerprint density at radius 3 is 2.43 bits per heavy atom. The van der Waals surface area contributed by atoms with Gasteiger partial charge in [-0.05, 0) is 18.9 Å². The number of nitrogens with zero attached hydrogens (tertiary/aromatic N) is 4. The average Bonchev–Trinajstić information content (AvgIpc) is 3.44. The van der Waals surface area contributed by atoms with E-state index in [0.717, 1.165) is 26.9 Å². The van der Waals surface area contributed by atoms with Crippen molar-refractivity contribution >= 4 is 40.7 Å². The van der Waals surface area contributed by atoms with Crippen LogP contribution in [-0.4, -0.2) is 43.5 Å². The first-order valence-corrected chi connectivity index (χ1v) is 14.8. The number of hydrogen-bond acceptors (Lipinski definition) is 7. The van der Waals surface area contributed by atoms with Gasteiger partial charge >= 0.3 is 5.69 Å². The predicted octanol–water partition coefficient (Wildman–Crippen LogP) is 3.70. The Hall–Kier alpha value is -4.32. The van der Waals surface area contributed by atoms with Crippen LogP contribution in [0.25, 0.3) is 22.4 Å². The highest BCUT2D eigenvalue weighted by molar-refractivity contribution is 6.39. The number of rotatable bonds is 9. The van der Waals surface area contributed by atoms with Crippen LogP contribution in [0.3, 0.4) is 0 Å². The number of carbonyl (C=O) groups is 2. The molecule has 0 radical (unpaired) electrons. The summed E-state index contributed by atoms with van der Waals surface area (Å²) in [5.41, 5.74) is 2.92. The molecule has 13 heteroatoms. The molecule has 1 fully saturated rings. The lowest BCUT2D eigenvalue weighted by molar-refractivity contribution is -0.119. The summed E-state index contributed by atoms with van der Waals surface area (Å²) in [4.78, 5) is 58.6. The van der Waals surface area contributed by atoms with Crippen LogP contribution in [0.4, 0.5) is 5.69 Å². The Morgan fingerprint density at radius 2 is 1.73 bits per heavy atom. The summed E-state index contributed by atoms with van der Waals surface area (Å²) < 4.78 is 2.03. The van der Waals surface area contributed by atoms with Crippen LogP contribution in [0.15, 0.2) is 58.4 Å². The first-order chi connectivity index (χ1) is 21.1. The third kappa shape index (κ3) is 6.30. The Kier molecular flexibility index (Phi) is 9.28. The SMILES string of the molecule is CCc1nc(-c2cccc(-c3cccc(NC(=O)c4cn(C)c(=O)n(C)c4=O)c3Cl)c2Cl)cnc1CNCC1CCC(=O)N1. The lowest BCUT2D eigenvalue weighted by Crippen LogP contribution is -2.40. The van der Waals surface area contributed by atoms with Gasteiger partial charge in [0.05, 0.1) is 39.0 Å².